The Morgan fingerprint density at radius 1 is 1.18 bits per heavy atom. The lowest BCUT2D eigenvalue weighted by molar-refractivity contribution is 0.0999. The molecule has 0 spiro atoms. The third kappa shape index (κ3) is 3.06. The van der Waals surface area contributed by atoms with Crippen LogP contribution in [0.1, 0.15) is 46.5 Å². The van der Waals surface area contributed by atoms with Gasteiger partial charge in [-0.05, 0) is 30.0 Å². The van der Waals surface area contributed by atoms with Gasteiger partial charge in [-0.25, -0.2) is 0 Å². The first kappa shape index (κ1) is 13.2. The molecule has 1 unspecified atom stereocenters. The van der Waals surface area contributed by atoms with Crippen LogP contribution in [-0.4, -0.2) is 11.8 Å². The predicted molar refractivity (Wildman–Crippen MR) is 66.6 cm³/mol. The molecule has 0 aliphatic carbocycles. The monoisotopic (exact) mass is 234 g/mol. The van der Waals surface area contributed by atoms with Crippen LogP contribution in [0.3, 0.4) is 0 Å². The van der Waals surface area contributed by atoms with Crippen molar-refractivity contribution in [2.75, 3.05) is 0 Å². The van der Waals surface area contributed by atoms with Crippen molar-refractivity contribution in [3.05, 3.63) is 34.9 Å². The Balaban J connectivity index is 3.28. The summed E-state index contributed by atoms with van der Waals surface area (Å²) in [5.41, 5.74) is 12.1. The van der Waals surface area contributed by atoms with E-state index in [-0.39, 0.29) is 0 Å². The fourth-order valence-corrected chi connectivity index (χ4v) is 1.76. The number of primary amides is 2. The summed E-state index contributed by atoms with van der Waals surface area (Å²) in [6, 6.07) is 4.89. The molecular weight excluding hydrogens is 216 g/mol. The average Bonchev–Trinajstić information content (AvgIpc) is 2.28. The lowest BCUT2D eigenvalue weighted by Crippen LogP contribution is -2.21. The van der Waals surface area contributed by atoms with Gasteiger partial charge in [0.2, 0.25) is 11.8 Å². The fourth-order valence-electron chi connectivity index (χ4n) is 1.76. The molecule has 4 heteroatoms. The molecule has 1 atom stereocenters. The molecule has 1 aromatic carbocycles. The highest BCUT2D eigenvalue weighted by Crippen LogP contribution is 2.20. The Morgan fingerprint density at radius 2 is 1.65 bits per heavy atom. The molecule has 0 fully saturated rings. The summed E-state index contributed by atoms with van der Waals surface area (Å²) in [5, 5.41) is 0. The number of carbonyl (C=O) groups is 2. The van der Waals surface area contributed by atoms with E-state index in [1.165, 1.54) is 0 Å². The topological polar surface area (TPSA) is 86.2 Å². The molecule has 0 bridgehead atoms. The molecule has 4 N–H and O–H groups in total. The molecule has 0 saturated carbocycles. The third-order valence-corrected chi connectivity index (χ3v) is 2.96. The second-order valence-corrected chi connectivity index (χ2v) is 4.28. The lowest BCUT2D eigenvalue weighted by atomic mass is 9.91. The Morgan fingerprint density at radius 3 is 2.00 bits per heavy atom. The fraction of sp³-hybridized carbons (Fsp3) is 0.385. The second kappa shape index (κ2) is 5.48. The molecular formula is C13H18N2O2. The van der Waals surface area contributed by atoms with Crippen LogP contribution in [0.5, 0.6) is 0 Å². The van der Waals surface area contributed by atoms with Gasteiger partial charge >= 0.3 is 0 Å². The van der Waals surface area contributed by atoms with Gasteiger partial charge in [0.15, 0.2) is 0 Å². The van der Waals surface area contributed by atoms with Crippen LogP contribution in [0.4, 0.5) is 0 Å². The summed E-state index contributed by atoms with van der Waals surface area (Å²) in [6.07, 6.45) is 1.60. The van der Waals surface area contributed by atoms with Crippen molar-refractivity contribution in [2.45, 2.75) is 26.7 Å². The average molecular weight is 234 g/mol. The summed E-state index contributed by atoms with van der Waals surface area (Å²) >= 11 is 0. The molecule has 0 aliphatic heterocycles. The van der Waals surface area contributed by atoms with Crippen LogP contribution >= 0.6 is 0 Å². The van der Waals surface area contributed by atoms with Gasteiger partial charge in [-0.15, -0.1) is 0 Å². The van der Waals surface area contributed by atoms with E-state index in [2.05, 4.69) is 13.8 Å². The number of hydrogen-bond acceptors (Lipinski definition) is 2. The van der Waals surface area contributed by atoms with Gasteiger partial charge in [0.25, 0.3) is 0 Å². The van der Waals surface area contributed by atoms with Gasteiger partial charge < -0.3 is 11.5 Å². The molecule has 0 aliphatic rings. The number of carbonyl (C=O) groups excluding carboxylic acids is 2. The quantitative estimate of drug-likeness (QED) is 0.808. The zero-order valence-electron chi connectivity index (χ0n) is 10.2. The van der Waals surface area contributed by atoms with Crippen molar-refractivity contribution in [1.29, 1.82) is 0 Å². The molecule has 0 aromatic heterocycles. The molecule has 2 amide bonds. The van der Waals surface area contributed by atoms with E-state index >= 15 is 0 Å². The lowest BCUT2D eigenvalue weighted by Gasteiger charge is -2.14. The van der Waals surface area contributed by atoms with Gasteiger partial charge in [-0.1, -0.05) is 26.3 Å². The standard InChI is InChI=1S/C13H18N2O2/c1-3-8(2)7-11-9(12(14)16)5-4-6-10(11)13(15)17/h4-6,8H,3,7H2,1-2H3,(H2,14,16)(H2,15,17). The van der Waals surface area contributed by atoms with Crippen molar-refractivity contribution in [3.63, 3.8) is 0 Å². The van der Waals surface area contributed by atoms with E-state index in [1.807, 2.05) is 0 Å². The van der Waals surface area contributed by atoms with Crippen molar-refractivity contribution in [3.8, 4) is 0 Å². The number of amides is 2. The highest BCUT2D eigenvalue weighted by atomic mass is 16.1. The molecule has 0 radical (unpaired) electrons. The largest absolute Gasteiger partial charge is 0.366 e. The van der Waals surface area contributed by atoms with E-state index in [4.69, 9.17) is 11.5 Å². The van der Waals surface area contributed by atoms with Crippen LogP contribution in [0.15, 0.2) is 18.2 Å². The van der Waals surface area contributed by atoms with E-state index in [9.17, 15) is 9.59 Å². The zero-order valence-corrected chi connectivity index (χ0v) is 10.2. The van der Waals surface area contributed by atoms with Crippen LogP contribution in [-0.2, 0) is 6.42 Å². The zero-order chi connectivity index (χ0) is 13.0. The van der Waals surface area contributed by atoms with Gasteiger partial charge in [0, 0.05) is 11.1 Å². The number of benzene rings is 1. The normalized spacial score (nSPS) is 12.1. The summed E-state index contributed by atoms with van der Waals surface area (Å²) in [4.78, 5) is 22.7. The maximum Gasteiger partial charge on any atom is 0.249 e. The van der Waals surface area contributed by atoms with Crippen molar-refractivity contribution >= 4 is 11.8 Å². The molecule has 1 aromatic rings. The van der Waals surface area contributed by atoms with Crippen LogP contribution in [0, 0.1) is 5.92 Å². The van der Waals surface area contributed by atoms with E-state index in [1.54, 1.807) is 18.2 Å². The van der Waals surface area contributed by atoms with Gasteiger partial charge in [0.05, 0.1) is 0 Å². The molecule has 1 rings (SSSR count). The van der Waals surface area contributed by atoms with Gasteiger partial charge in [0.1, 0.15) is 0 Å². The molecule has 0 saturated heterocycles. The van der Waals surface area contributed by atoms with Crippen LogP contribution < -0.4 is 11.5 Å². The van der Waals surface area contributed by atoms with Crippen molar-refractivity contribution in [1.82, 2.24) is 0 Å². The molecule has 0 heterocycles. The van der Waals surface area contributed by atoms with Crippen LogP contribution in [0.2, 0.25) is 0 Å². The Labute approximate surface area is 101 Å². The number of nitrogens with two attached hydrogens (primary N) is 2. The van der Waals surface area contributed by atoms with E-state index in [0.29, 0.717) is 29.0 Å². The maximum absolute atomic E-state index is 11.3. The summed E-state index contributed by atoms with van der Waals surface area (Å²) in [6.45, 7) is 4.12. The summed E-state index contributed by atoms with van der Waals surface area (Å²) < 4.78 is 0. The first-order valence-electron chi connectivity index (χ1n) is 5.68. The summed E-state index contributed by atoms with van der Waals surface area (Å²) in [5.74, 6) is -0.675. The highest BCUT2D eigenvalue weighted by Gasteiger charge is 2.17. The first-order chi connectivity index (χ1) is 7.97. The Kier molecular flexibility index (Phi) is 4.26. The van der Waals surface area contributed by atoms with E-state index < -0.39 is 11.8 Å². The maximum atomic E-state index is 11.3. The van der Waals surface area contributed by atoms with Crippen LogP contribution in [0.25, 0.3) is 0 Å². The minimum Gasteiger partial charge on any atom is -0.366 e. The minimum atomic E-state index is -0.522. The number of hydrogen-bond donors (Lipinski definition) is 2. The van der Waals surface area contributed by atoms with Gasteiger partial charge in [-0.2, -0.15) is 0 Å². The number of rotatable bonds is 5. The molecule has 4 nitrogen and oxygen atoms in total. The van der Waals surface area contributed by atoms with Crippen molar-refractivity contribution in [2.24, 2.45) is 17.4 Å². The SMILES string of the molecule is CCC(C)Cc1c(C(N)=O)cccc1C(N)=O. The minimum absolute atomic E-state index is 0.369. The Bertz CT molecular complexity index is 409. The highest BCUT2D eigenvalue weighted by molar-refractivity contribution is 6.01. The van der Waals surface area contributed by atoms with E-state index in [0.717, 1.165) is 6.42 Å². The first-order valence-corrected chi connectivity index (χ1v) is 5.68. The molecule has 92 valence electrons. The predicted octanol–water partition coefficient (Wildman–Crippen LogP) is 1.47. The Hall–Kier alpha value is -1.84. The molecule has 17 heavy (non-hydrogen) atoms. The van der Waals surface area contributed by atoms with Gasteiger partial charge in [-0.3, -0.25) is 9.59 Å². The second-order valence-electron chi connectivity index (χ2n) is 4.28. The smallest absolute Gasteiger partial charge is 0.249 e. The third-order valence-electron chi connectivity index (χ3n) is 2.96. The summed E-state index contributed by atoms with van der Waals surface area (Å²) in [7, 11) is 0. The van der Waals surface area contributed by atoms with Crippen molar-refractivity contribution < 1.29 is 9.59 Å².